The number of nitrogens with one attached hydrogen (secondary N) is 1. The number of halogens is 1. The van der Waals surface area contributed by atoms with Crippen molar-refractivity contribution in [3.8, 4) is 0 Å². The fourth-order valence-electron chi connectivity index (χ4n) is 4.16. The largest absolute Gasteiger partial charge is 0.381 e. The van der Waals surface area contributed by atoms with Gasteiger partial charge in [0.2, 0.25) is 0 Å². The van der Waals surface area contributed by atoms with Crippen LogP contribution in [0.1, 0.15) is 54.2 Å². The highest BCUT2D eigenvalue weighted by Gasteiger charge is 2.35. The molecule has 1 saturated heterocycles. The minimum atomic E-state index is -0.259. The molecule has 1 amide bonds. The lowest BCUT2D eigenvalue weighted by molar-refractivity contribution is 0.0487. The molecule has 5 heteroatoms. The van der Waals surface area contributed by atoms with E-state index in [1.807, 2.05) is 42.5 Å². The van der Waals surface area contributed by atoms with Gasteiger partial charge in [-0.3, -0.25) is 9.78 Å². The van der Waals surface area contributed by atoms with Gasteiger partial charge in [-0.05, 0) is 48.6 Å². The van der Waals surface area contributed by atoms with Gasteiger partial charge < -0.3 is 10.1 Å². The number of hydrogen-bond donors (Lipinski definition) is 1. The molecule has 156 valence electrons. The van der Waals surface area contributed by atoms with Crippen molar-refractivity contribution in [3.63, 3.8) is 0 Å². The lowest BCUT2D eigenvalue weighted by Gasteiger charge is -2.38. The molecule has 0 bridgehead atoms. The van der Waals surface area contributed by atoms with Gasteiger partial charge in [-0.25, -0.2) is 4.39 Å². The van der Waals surface area contributed by atoms with E-state index >= 15 is 0 Å². The summed E-state index contributed by atoms with van der Waals surface area (Å²) in [6.45, 7) is 5.88. The van der Waals surface area contributed by atoms with E-state index in [-0.39, 0.29) is 23.1 Å². The molecule has 1 aromatic heterocycles. The smallest absolute Gasteiger partial charge is 0.252 e. The molecular formula is C25H27FN2O2. The van der Waals surface area contributed by atoms with Crippen LogP contribution in [0.4, 0.5) is 4.39 Å². The Morgan fingerprint density at radius 3 is 2.53 bits per heavy atom. The zero-order chi connectivity index (χ0) is 21.1. The third-order valence-corrected chi connectivity index (χ3v) is 6.07. The van der Waals surface area contributed by atoms with Gasteiger partial charge in [0.25, 0.3) is 5.91 Å². The van der Waals surface area contributed by atoms with Crippen molar-refractivity contribution >= 4 is 16.8 Å². The van der Waals surface area contributed by atoms with Gasteiger partial charge in [0.05, 0.1) is 11.1 Å². The summed E-state index contributed by atoms with van der Waals surface area (Å²) in [5, 5.41) is 4.01. The highest BCUT2D eigenvalue weighted by molar-refractivity contribution is 6.06. The van der Waals surface area contributed by atoms with Crippen LogP contribution in [0.5, 0.6) is 0 Å². The highest BCUT2D eigenvalue weighted by atomic mass is 19.1. The maximum absolute atomic E-state index is 13.5. The second-order valence-electron chi connectivity index (χ2n) is 8.35. The molecule has 0 radical (unpaired) electrons. The zero-order valence-electron chi connectivity index (χ0n) is 17.5. The first-order valence-corrected chi connectivity index (χ1v) is 10.5. The Balaban J connectivity index is 1.63. The summed E-state index contributed by atoms with van der Waals surface area (Å²) in [7, 11) is 0. The summed E-state index contributed by atoms with van der Waals surface area (Å²) in [5.74, 6) is -0.139. The standard InChI is InChI=1S/C25H27FN2O2/c1-17(2)23-15-21(20-5-3-4-6-22(20)28-23)24(29)27-16-25(11-13-30-14-12-25)18-7-9-19(26)10-8-18/h3-10,15,17H,11-14,16H2,1-2H3,(H,27,29). The number of nitrogens with zero attached hydrogens (tertiary/aromatic N) is 1. The van der Waals surface area contributed by atoms with Crippen LogP contribution in [0.15, 0.2) is 54.6 Å². The number of carbonyl (C=O) groups is 1. The van der Waals surface area contributed by atoms with E-state index in [9.17, 15) is 9.18 Å². The first kappa shape index (κ1) is 20.5. The van der Waals surface area contributed by atoms with Crippen LogP contribution in [0.3, 0.4) is 0 Å². The Morgan fingerprint density at radius 2 is 1.83 bits per heavy atom. The van der Waals surface area contributed by atoms with Gasteiger partial charge in [0.1, 0.15) is 5.82 Å². The number of pyridine rings is 1. The normalized spacial score (nSPS) is 16.0. The molecule has 2 aromatic carbocycles. The average Bonchev–Trinajstić information content (AvgIpc) is 2.77. The van der Waals surface area contributed by atoms with Gasteiger partial charge in [0, 0.05) is 36.3 Å². The number of para-hydroxylation sites is 1. The summed E-state index contributed by atoms with van der Waals surface area (Å²) in [6, 6.07) is 16.3. The van der Waals surface area contributed by atoms with Crippen LogP contribution in [0.2, 0.25) is 0 Å². The Hall–Kier alpha value is -2.79. The van der Waals surface area contributed by atoms with Gasteiger partial charge in [0.15, 0.2) is 0 Å². The second-order valence-corrected chi connectivity index (χ2v) is 8.35. The number of amides is 1. The summed E-state index contributed by atoms with van der Waals surface area (Å²) < 4.78 is 19.0. The first-order valence-electron chi connectivity index (χ1n) is 10.5. The topological polar surface area (TPSA) is 51.2 Å². The van der Waals surface area contributed by atoms with Gasteiger partial charge in [-0.2, -0.15) is 0 Å². The Labute approximate surface area is 176 Å². The SMILES string of the molecule is CC(C)c1cc(C(=O)NCC2(c3ccc(F)cc3)CCOCC2)c2ccccc2n1. The van der Waals surface area contributed by atoms with E-state index in [4.69, 9.17) is 9.72 Å². The number of aromatic nitrogens is 1. The van der Waals surface area contributed by atoms with E-state index in [1.54, 1.807) is 0 Å². The number of carbonyl (C=O) groups excluding carboxylic acids is 1. The predicted molar refractivity (Wildman–Crippen MR) is 116 cm³/mol. The number of benzene rings is 2. The minimum absolute atomic E-state index is 0.108. The number of rotatable bonds is 5. The molecule has 1 aliphatic heterocycles. The third kappa shape index (κ3) is 4.08. The Bertz CT molecular complexity index is 1040. The van der Waals surface area contributed by atoms with Gasteiger partial charge >= 0.3 is 0 Å². The molecule has 0 saturated carbocycles. The van der Waals surface area contributed by atoms with Crippen molar-refractivity contribution in [2.24, 2.45) is 0 Å². The quantitative estimate of drug-likeness (QED) is 0.650. The van der Waals surface area contributed by atoms with Crippen molar-refractivity contribution in [2.75, 3.05) is 19.8 Å². The molecule has 0 spiro atoms. The first-order chi connectivity index (χ1) is 14.5. The summed E-state index contributed by atoms with van der Waals surface area (Å²) in [4.78, 5) is 18.0. The van der Waals surface area contributed by atoms with Crippen LogP contribution < -0.4 is 5.32 Å². The van der Waals surface area contributed by atoms with Crippen molar-refractivity contribution in [1.82, 2.24) is 10.3 Å². The Morgan fingerprint density at radius 1 is 1.13 bits per heavy atom. The van der Waals surface area contributed by atoms with E-state index < -0.39 is 0 Å². The molecule has 3 aromatic rings. The second kappa shape index (κ2) is 8.52. The molecule has 0 atom stereocenters. The molecule has 0 aliphatic carbocycles. The highest BCUT2D eigenvalue weighted by Crippen LogP contribution is 2.34. The maximum atomic E-state index is 13.5. The predicted octanol–water partition coefficient (Wildman–Crippen LogP) is 4.98. The lowest BCUT2D eigenvalue weighted by Crippen LogP contribution is -2.44. The number of hydrogen-bond acceptors (Lipinski definition) is 3. The molecular weight excluding hydrogens is 379 g/mol. The molecule has 0 unspecified atom stereocenters. The lowest BCUT2D eigenvalue weighted by atomic mass is 9.74. The van der Waals surface area contributed by atoms with Crippen LogP contribution >= 0.6 is 0 Å². The van der Waals surface area contributed by atoms with Crippen LogP contribution in [0, 0.1) is 5.82 Å². The molecule has 2 heterocycles. The van der Waals surface area contributed by atoms with E-state index in [2.05, 4.69) is 19.2 Å². The van der Waals surface area contributed by atoms with Gasteiger partial charge in [-0.15, -0.1) is 0 Å². The van der Waals surface area contributed by atoms with E-state index in [0.717, 1.165) is 35.0 Å². The Kier molecular flexibility index (Phi) is 5.82. The maximum Gasteiger partial charge on any atom is 0.252 e. The molecule has 1 N–H and O–H groups in total. The van der Waals surface area contributed by atoms with Crippen LogP contribution in [-0.2, 0) is 10.2 Å². The number of fused-ring (bicyclic) bond motifs is 1. The van der Waals surface area contributed by atoms with Crippen LogP contribution in [0.25, 0.3) is 10.9 Å². The van der Waals surface area contributed by atoms with Crippen molar-refractivity contribution < 1.29 is 13.9 Å². The van der Waals surface area contributed by atoms with Crippen molar-refractivity contribution in [2.45, 2.75) is 38.0 Å². The van der Waals surface area contributed by atoms with Crippen molar-refractivity contribution in [1.29, 1.82) is 0 Å². The average molecular weight is 407 g/mol. The molecule has 1 fully saturated rings. The van der Waals surface area contributed by atoms with E-state index in [0.29, 0.717) is 25.3 Å². The number of ether oxygens (including phenoxy) is 1. The molecule has 1 aliphatic rings. The molecule has 4 rings (SSSR count). The fraction of sp³-hybridized carbons (Fsp3) is 0.360. The monoisotopic (exact) mass is 406 g/mol. The van der Waals surface area contributed by atoms with Crippen molar-refractivity contribution in [3.05, 3.63) is 77.2 Å². The molecule has 30 heavy (non-hydrogen) atoms. The fourth-order valence-corrected chi connectivity index (χ4v) is 4.16. The third-order valence-electron chi connectivity index (χ3n) is 6.07. The van der Waals surface area contributed by atoms with E-state index in [1.165, 1.54) is 12.1 Å². The van der Waals surface area contributed by atoms with Crippen LogP contribution in [-0.4, -0.2) is 30.6 Å². The minimum Gasteiger partial charge on any atom is -0.381 e. The summed E-state index contributed by atoms with van der Waals surface area (Å²) in [6.07, 6.45) is 1.57. The van der Waals surface area contributed by atoms with Gasteiger partial charge in [-0.1, -0.05) is 44.2 Å². The summed E-state index contributed by atoms with van der Waals surface area (Å²) in [5.41, 5.74) is 3.15. The molecule has 4 nitrogen and oxygen atoms in total. The zero-order valence-corrected chi connectivity index (χ0v) is 17.5. The summed E-state index contributed by atoms with van der Waals surface area (Å²) >= 11 is 0.